The van der Waals surface area contributed by atoms with Crippen molar-refractivity contribution in [2.24, 2.45) is 11.1 Å². The predicted octanol–water partition coefficient (Wildman–Crippen LogP) is 2.84. The molecule has 1 heterocycles. The average Bonchev–Trinajstić information content (AvgIpc) is 2.66. The first-order valence-electron chi connectivity index (χ1n) is 6.68. The van der Waals surface area contributed by atoms with Crippen LogP contribution in [0.2, 0.25) is 0 Å². The summed E-state index contributed by atoms with van der Waals surface area (Å²) in [5.41, 5.74) is 8.07. The van der Waals surface area contributed by atoms with Crippen molar-refractivity contribution >= 4 is 22.7 Å². The number of anilines is 1. The molecule has 2 rings (SSSR count). The Hall–Kier alpha value is -1.88. The molecule has 0 saturated carbocycles. The number of fused-ring (bicyclic) bond motifs is 1. The number of nitrogens with zero attached hydrogens (tertiary/aromatic N) is 1. The first-order valence-corrected chi connectivity index (χ1v) is 6.68. The normalized spacial score (nSPS) is 13.4. The molecule has 0 aliphatic carbocycles. The van der Waals surface area contributed by atoms with Gasteiger partial charge >= 0.3 is 0 Å². The number of carbonyl (C=O) groups excluding carboxylic acids is 1. The maximum atomic E-state index is 12.0. The second kappa shape index (κ2) is 5.25. The molecule has 0 saturated heterocycles. The summed E-state index contributed by atoms with van der Waals surface area (Å²) in [5, 5.41) is 2.85. The van der Waals surface area contributed by atoms with Crippen LogP contribution in [0.5, 0.6) is 0 Å². The molecule has 0 spiro atoms. The van der Waals surface area contributed by atoms with Crippen molar-refractivity contribution in [3.8, 4) is 0 Å². The van der Waals surface area contributed by atoms with E-state index in [1.54, 1.807) is 25.1 Å². The number of nitrogens with two attached hydrogens (primary N) is 1. The lowest BCUT2D eigenvalue weighted by Crippen LogP contribution is -2.38. The smallest absolute Gasteiger partial charge is 0.225 e. The fourth-order valence-electron chi connectivity index (χ4n) is 1.84. The average molecular weight is 275 g/mol. The highest BCUT2D eigenvalue weighted by molar-refractivity contribution is 5.93. The Morgan fingerprint density at radius 1 is 1.45 bits per heavy atom. The van der Waals surface area contributed by atoms with Gasteiger partial charge in [0.25, 0.3) is 0 Å². The van der Waals surface area contributed by atoms with Crippen LogP contribution < -0.4 is 11.1 Å². The molecule has 2 aromatic rings. The lowest BCUT2D eigenvalue weighted by atomic mass is 9.85. The van der Waals surface area contributed by atoms with Crippen LogP contribution >= 0.6 is 0 Å². The van der Waals surface area contributed by atoms with Crippen molar-refractivity contribution in [3.63, 3.8) is 0 Å². The van der Waals surface area contributed by atoms with Gasteiger partial charge in [0.1, 0.15) is 5.52 Å². The number of aromatic nitrogens is 1. The third kappa shape index (κ3) is 3.36. The molecule has 0 aliphatic rings. The van der Waals surface area contributed by atoms with Crippen LogP contribution in [0.3, 0.4) is 0 Å². The van der Waals surface area contributed by atoms with Crippen LogP contribution in [0.15, 0.2) is 22.6 Å². The minimum Gasteiger partial charge on any atom is -0.441 e. The number of rotatable bonds is 3. The van der Waals surface area contributed by atoms with Gasteiger partial charge in [-0.3, -0.25) is 4.79 Å². The highest BCUT2D eigenvalue weighted by atomic mass is 16.3. The molecule has 5 heteroatoms. The zero-order valence-electron chi connectivity index (χ0n) is 12.4. The molecule has 0 aliphatic heterocycles. The molecule has 5 nitrogen and oxygen atoms in total. The van der Waals surface area contributed by atoms with E-state index >= 15 is 0 Å². The number of aryl methyl sites for hydroxylation is 1. The lowest BCUT2D eigenvalue weighted by Gasteiger charge is -2.26. The molecular formula is C15H21N3O2. The summed E-state index contributed by atoms with van der Waals surface area (Å²) in [6.07, 6.45) is 0.291. The van der Waals surface area contributed by atoms with Gasteiger partial charge in [-0.05, 0) is 23.6 Å². The van der Waals surface area contributed by atoms with Crippen molar-refractivity contribution in [2.45, 2.75) is 40.2 Å². The minimum absolute atomic E-state index is 0.0907. The van der Waals surface area contributed by atoms with Gasteiger partial charge in [-0.15, -0.1) is 0 Å². The number of hydrogen-bond donors (Lipinski definition) is 2. The topological polar surface area (TPSA) is 81.2 Å². The van der Waals surface area contributed by atoms with Crippen LogP contribution in [-0.2, 0) is 4.79 Å². The Morgan fingerprint density at radius 2 is 2.15 bits per heavy atom. The fraction of sp³-hybridized carbons (Fsp3) is 0.467. The maximum Gasteiger partial charge on any atom is 0.225 e. The van der Waals surface area contributed by atoms with Crippen LogP contribution in [0.1, 0.15) is 33.1 Å². The van der Waals surface area contributed by atoms with Gasteiger partial charge in [0.2, 0.25) is 5.91 Å². The van der Waals surface area contributed by atoms with Crippen molar-refractivity contribution in [3.05, 3.63) is 24.1 Å². The van der Waals surface area contributed by atoms with Crippen LogP contribution in [0.25, 0.3) is 11.1 Å². The van der Waals surface area contributed by atoms with Crippen molar-refractivity contribution in [1.82, 2.24) is 4.98 Å². The summed E-state index contributed by atoms with van der Waals surface area (Å²) in [6, 6.07) is 5.22. The zero-order chi connectivity index (χ0) is 14.9. The highest BCUT2D eigenvalue weighted by Crippen LogP contribution is 2.22. The zero-order valence-corrected chi connectivity index (χ0v) is 12.4. The molecule has 1 amide bonds. The van der Waals surface area contributed by atoms with E-state index in [9.17, 15) is 4.79 Å². The molecular weight excluding hydrogens is 254 g/mol. The third-order valence-electron chi connectivity index (χ3n) is 3.30. The van der Waals surface area contributed by atoms with E-state index < -0.39 is 0 Å². The minimum atomic E-state index is -0.180. The summed E-state index contributed by atoms with van der Waals surface area (Å²) >= 11 is 0. The van der Waals surface area contributed by atoms with Gasteiger partial charge in [0, 0.05) is 25.1 Å². The number of nitrogens with one attached hydrogen (secondary N) is 1. The molecule has 0 bridgehead atoms. The number of amides is 1. The standard InChI is InChI=1S/C15H21N3O2/c1-9-17-11-7-10(5-6-12(11)20-9)18-14(19)8-13(16)15(2,3)4/h5-7,13H,8,16H2,1-4H3,(H,18,19). The lowest BCUT2D eigenvalue weighted by molar-refractivity contribution is -0.117. The van der Waals surface area contributed by atoms with E-state index in [1.807, 2.05) is 20.8 Å². The van der Waals surface area contributed by atoms with E-state index in [-0.39, 0.29) is 17.4 Å². The number of hydrogen-bond acceptors (Lipinski definition) is 4. The van der Waals surface area contributed by atoms with Gasteiger partial charge in [-0.25, -0.2) is 4.98 Å². The van der Waals surface area contributed by atoms with Crippen molar-refractivity contribution in [1.29, 1.82) is 0 Å². The van der Waals surface area contributed by atoms with Gasteiger partial charge in [-0.2, -0.15) is 0 Å². The van der Waals surface area contributed by atoms with E-state index in [1.165, 1.54) is 0 Å². The molecule has 1 aromatic carbocycles. The van der Waals surface area contributed by atoms with Gasteiger partial charge in [0.15, 0.2) is 11.5 Å². The Kier molecular flexibility index (Phi) is 3.81. The first-order chi connectivity index (χ1) is 9.25. The van der Waals surface area contributed by atoms with Gasteiger partial charge in [-0.1, -0.05) is 20.8 Å². The quantitative estimate of drug-likeness (QED) is 0.902. The van der Waals surface area contributed by atoms with E-state index in [0.29, 0.717) is 23.6 Å². The molecule has 1 aromatic heterocycles. The molecule has 108 valence electrons. The fourth-order valence-corrected chi connectivity index (χ4v) is 1.84. The van der Waals surface area contributed by atoms with Crippen LogP contribution in [0.4, 0.5) is 5.69 Å². The Bertz CT molecular complexity index is 626. The Balaban J connectivity index is 2.06. The van der Waals surface area contributed by atoms with E-state index in [0.717, 1.165) is 5.52 Å². The molecule has 1 unspecified atom stereocenters. The van der Waals surface area contributed by atoms with Crippen LogP contribution in [-0.4, -0.2) is 16.9 Å². The molecule has 1 atom stereocenters. The monoisotopic (exact) mass is 275 g/mol. The predicted molar refractivity (Wildman–Crippen MR) is 79.4 cm³/mol. The summed E-state index contributed by atoms with van der Waals surface area (Å²) in [7, 11) is 0. The highest BCUT2D eigenvalue weighted by Gasteiger charge is 2.23. The first kappa shape index (κ1) is 14.5. The van der Waals surface area contributed by atoms with E-state index in [2.05, 4.69) is 10.3 Å². The Labute approximate surface area is 118 Å². The van der Waals surface area contributed by atoms with Crippen molar-refractivity contribution < 1.29 is 9.21 Å². The van der Waals surface area contributed by atoms with E-state index in [4.69, 9.17) is 10.2 Å². The Morgan fingerprint density at radius 3 is 2.80 bits per heavy atom. The van der Waals surface area contributed by atoms with Crippen LogP contribution in [0, 0.1) is 12.3 Å². The number of benzene rings is 1. The van der Waals surface area contributed by atoms with Gasteiger partial charge in [0.05, 0.1) is 0 Å². The maximum absolute atomic E-state index is 12.0. The summed E-state index contributed by atoms with van der Waals surface area (Å²) in [5.74, 6) is 0.519. The second-order valence-corrected chi connectivity index (χ2v) is 6.14. The summed E-state index contributed by atoms with van der Waals surface area (Å²) < 4.78 is 5.39. The molecule has 0 fully saturated rings. The molecule has 20 heavy (non-hydrogen) atoms. The summed E-state index contributed by atoms with van der Waals surface area (Å²) in [6.45, 7) is 7.86. The summed E-state index contributed by atoms with van der Waals surface area (Å²) in [4.78, 5) is 16.2. The number of carbonyl (C=O) groups is 1. The largest absolute Gasteiger partial charge is 0.441 e. The molecule has 3 N–H and O–H groups in total. The second-order valence-electron chi connectivity index (χ2n) is 6.14. The van der Waals surface area contributed by atoms with Gasteiger partial charge < -0.3 is 15.5 Å². The van der Waals surface area contributed by atoms with Crippen molar-refractivity contribution in [2.75, 3.05) is 5.32 Å². The SMILES string of the molecule is Cc1nc2cc(NC(=O)CC(N)C(C)(C)C)ccc2o1. The molecule has 0 radical (unpaired) electrons. The number of oxazole rings is 1. The third-order valence-corrected chi connectivity index (χ3v) is 3.30.